The number of hydrogen-bond acceptors (Lipinski definition) is 1. The number of hydrogen-bond donors (Lipinski definition) is 0. The van der Waals surface area contributed by atoms with E-state index in [2.05, 4.69) is 47.1 Å². The van der Waals surface area contributed by atoms with Crippen LogP contribution >= 0.6 is 0 Å². The number of nitrogens with zero attached hydrogens (tertiary/aromatic N) is 1. The summed E-state index contributed by atoms with van der Waals surface area (Å²) >= 11 is 0. The maximum Gasteiger partial charge on any atom is 0.0920 e. The van der Waals surface area contributed by atoms with Gasteiger partial charge >= 0.3 is 0 Å². The molecule has 0 amide bonds. The fraction of sp³-hybridized carbons (Fsp3) is 0.529. The van der Waals surface area contributed by atoms with Crippen molar-refractivity contribution in [3.63, 3.8) is 0 Å². The van der Waals surface area contributed by atoms with Gasteiger partial charge in [-0.05, 0) is 31.4 Å². The molecule has 18 heavy (non-hydrogen) atoms. The Morgan fingerprint density at radius 1 is 0.889 bits per heavy atom. The molecule has 1 aliphatic heterocycles. The topological polar surface area (TPSA) is 3.24 Å². The van der Waals surface area contributed by atoms with Gasteiger partial charge < -0.3 is 4.90 Å². The first-order valence-electron chi connectivity index (χ1n) is 7.26. The second kappa shape index (κ2) is 5.48. The van der Waals surface area contributed by atoms with E-state index in [-0.39, 0.29) is 0 Å². The van der Waals surface area contributed by atoms with E-state index in [0.717, 1.165) is 6.54 Å². The molecule has 0 N–H and O–H groups in total. The summed E-state index contributed by atoms with van der Waals surface area (Å²) in [6.45, 7) is 1.16. The van der Waals surface area contributed by atoms with E-state index >= 15 is 0 Å². The van der Waals surface area contributed by atoms with Crippen LogP contribution < -0.4 is 4.90 Å². The van der Waals surface area contributed by atoms with Crippen LogP contribution in [0, 0.1) is 17.8 Å². The van der Waals surface area contributed by atoms with Gasteiger partial charge in [0.25, 0.3) is 0 Å². The van der Waals surface area contributed by atoms with Crippen molar-refractivity contribution in [1.29, 1.82) is 0 Å². The molecule has 1 aromatic carbocycles. The highest BCUT2D eigenvalue weighted by Gasteiger charge is 2.26. The first-order chi connectivity index (χ1) is 8.93. The van der Waals surface area contributed by atoms with Crippen LogP contribution in [-0.4, -0.2) is 12.6 Å². The van der Waals surface area contributed by atoms with Crippen molar-refractivity contribution in [2.45, 2.75) is 44.6 Å². The van der Waals surface area contributed by atoms with Gasteiger partial charge in [-0.15, -0.1) is 0 Å². The maximum absolute atomic E-state index is 3.53. The molecule has 1 nitrogen and oxygen atoms in total. The van der Waals surface area contributed by atoms with E-state index in [9.17, 15) is 0 Å². The van der Waals surface area contributed by atoms with E-state index < -0.39 is 0 Å². The number of benzene rings is 1. The Bertz CT molecular complexity index is 434. The van der Waals surface area contributed by atoms with E-state index in [0.29, 0.717) is 12.0 Å². The largest absolute Gasteiger partial charge is 0.357 e. The average molecular weight is 239 g/mol. The van der Waals surface area contributed by atoms with Gasteiger partial charge in [-0.3, -0.25) is 0 Å². The number of para-hydroxylation sites is 1. The zero-order chi connectivity index (χ0) is 12.2. The lowest BCUT2D eigenvalue weighted by atomic mass is 9.89. The van der Waals surface area contributed by atoms with Crippen molar-refractivity contribution in [3.8, 4) is 11.8 Å². The molecular weight excluding hydrogens is 218 g/mol. The van der Waals surface area contributed by atoms with Crippen LogP contribution in [0.25, 0.3) is 0 Å². The monoisotopic (exact) mass is 239 g/mol. The molecule has 2 aliphatic rings. The van der Waals surface area contributed by atoms with E-state index in [1.807, 2.05) is 0 Å². The minimum atomic E-state index is 0.467. The van der Waals surface area contributed by atoms with Gasteiger partial charge in [0.15, 0.2) is 0 Å². The second-order valence-electron chi connectivity index (χ2n) is 5.46. The van der Waals surface area contributed by atoms with Gasteiger partial charge in [0.1, 0.15) is 0 Å². The van der Waals surface area contributed by atoms with Crippen LogP contribution in [0.3, 0.4) is 0 Å². The van der Waals surface area contributed by atoms with Crippen molar-refractivity contribution in [3.05, 3.63) is 30.3 Å². The fourth-order valence-corrected chi connectivity index (χ4v) is 2.93. The summed E-state index contributed by atoms with van der Waals surface area (Å²) < 4.78 is 0. The summed E-state index contributed by atoms with van der Waals surface area (Å²) in [6.07, 6.45) is 8.06. The third kappa shape index (κ3) is 2.53. The SMILES string of the molecule is C(#CC1CCN1c1ccccc1)C1CCCCC1. The quantitative estimate of drug-likeness (QED) is 0.673. The van der Waals surface area contributed by atoms with Crippen LogP contribution in [0.15, 0.2) is 30.3 Å². The molecule has 1 heteroatoms. The number of anilines is 1. The lowest BCUT2D eigenvalue weighted by molar-refractivity contribution is 0.429. The smallest absolute Gasteiger partial charge is 0.0920 e. The summed E-state index contributed by atoms with van der Waals surface area (Å²) in [5.41, 5.74) is 1.33. The normalized spacial score (nSPS) is 24.0. The second-order valence-corrected chi connectivity index (χ2v) is 5.46. The minimum Gasteiger partial charge on any atom is -0.357 e. The molecule has 0 aromatic heterocycles. The van der Waals surface area contributed by atoms with E-state index in [1.165, 1.54) is 44.2 Å². The molecule has 0 radical (unpaired) electrons. The number of rotatable bonds is 1. The maximum atomic E-state index is 3.53. The molecule has 1 aromatic rings. The van der Waals surface area contributed by atoms with Crippen molar-refractivity contribution in [1.82, 2.24) is 0 Å². The molecule has 1 atom stereocenters. The predicted molar refractivity (Wildman–Crippen MR) is 76.5 cm³/mol. The van der Waals surface area contributed by atoms with Crippen molar-refractivity contribution < 1.29 is 0 Å². The molecule has 2 fully saturated rings. The standard InChI is InChI=1S/C17H21N/c1-3-7-15(8-4-1)11-12-17-13-14-18(17)16-9-5-2-6-10-16/h2,5-6,9-10,15,17H,1,3-4,7-8,13-14H2. The zero-order valence-electron chi connectivity index (χ0n) is 10.9. The van der Waals surface area contributed by atoms with Crippen molar-refractivity contribution in [2.75, 3.05) is 11.4 Å². The van der Waals surface area contributed by atoms with Gasteiger partial charge in [0, 0.05) is 18.2 Å². The van der Waals surface area contributed by atoms with Crippen LogP contribution in [0.2, 0.25) is 0 Å². The molecule has 1 saturated carbocycles. The molecule has 1 saturated heterocycles. The molecular formula is C17H21N. The summed E-state index contributed by atoms with van der Waals surface area (Å²) in [7, 11) is 0. The Kier molecular flexibility index (Phi) is 3.55. The Labute approximate surface area is 110 Å². The Balaban J connectivity index is 1.62. The predicted octanol–water partition coefficient (Wildman–Crippen LogP) is 3.85. The van der Waals surface area contributed by atoms with Crippen LogP contribution in [0.1, 0.15) is 38.5 Å². The Morgan fingerprint density at radius 3 is 2.33 bits per heavy atom. The molecule has 0 bridgehead atoms. The van der Waals surface area contributed by atoms with Gasteiger partial charge in [0.05, 0.1) is 6.04 Å². The van der Waals surface area contributed by atoms with Gasteiger partial charge in [-0.1, -0.05) is 49.3 Å². The van der Waals surface area contributed by atoms with E-state index in [4.69, 9.17) is 0 Å². The van der Waals surface area contributed by atoms with E-state index in [1.54, 1.807) is 0 Å². The Morgan fingerprint density at radius 2 is 1.67 bits per heavy atom. The lowest BCUT2D eigenvalue weighted by Gasteiger charge is -2.39. The van der Waals surface area contributed by atoms with Crippen LogP contribution in [-0.2, 0) is 0 Å². The van der Waals surface area contributed by atoms with Crippen LogP contribution in [0.4, 0.5) is 5.69 Å². The fourth-order valence-electron chi connectivity index (χ4n) is 2.93. The molecule has 1 heterocycles. The summed E-state index contributed by atoms with van der Waals surface area (Å²) in [5, 5.41) is 0. The minimum absolute atomic E-state index is 0.467. The summed E-state index contributed by atoms with van der Waals surface area (Å²) in [6, 6.07) is 11.1. The molecule has 1 unspecified atom stereocenters. The first kappa shape index (κ1) is 11.7. The summed E-state index contributed by atoms with van der Waals surface area (Å²) in [5.74, 6) is 7.72. The lowest BCUT2D eigenvalue weighted by Crippen LogP contribution is -2.47. The first-order valence-corrected chi connectivity index (χ1v) is 7.26. The highest BCUT2D eigenvalue weighted by atomic mass is 15.2. The van der Waals surface area contributed by atoms with Gasteiger partial charge in [-0.25, -0.2) is 0 Å². The highest BCUT2D eigenvalue weighted by Crippen LogP contribution is 2.27. The molecule has 0 spiro atoms. The van der Waals surface area contributed by atoms with Crippen molar-refractivity contribution in [2.24, 2.45) is 5.92 Å². The van der Waals surface area contributed by atoms with Gasteiger partial charge in [-0.2, -0.15) is 0 Å². The van der Waals surface area contributed by atoms with Crippen molar-refractivity contribution >= 4 is 5.69 Å². The third-order valence-electron chi connectivity index (χ3n) is 4.17. The third-order valence-corrected chi connectivity index (χ3v) is 4.17. The van der Waals surface area contributed by atoms with Gasteiger partial charge in [0.2, 0.25) is 0 Å². The zero-order valence-corrected chi connectivity index (χ0v) is 10.9. The van der Waals surface area contributed by atoms with Crippen LogP contribution in [0.5, 0.6) is 0 Å². The molecule has 94 valence electrons. The highest BCUT2D eigenvalue weighted by molar-refractivity contribution is 5.52. The molecule has 3 rings (SSSR count). The molecule has 1 aliphatic carbocycles. The summed E-state index contributed by atoms with van der Waals surface area (Å²) in [4.78, 5) is 2.43. The Hall–Kier alpha value is -1.42. The average Bonchev–Trinajstić information content (AvgIpc) is 2.40.